The van der Waals surface area contributed by atoms with Gasteiger partial charge in [-0.2, -0.15) is 0 Å². The summed E-state index contributed by atoms with van der Waals surface area (Å²) in [5.41, 5.74) is 3.64. The van der Waals surface area contributed by atoms with Crippen LogP contribution in [0.15, 0.2) is 18.2 Å². The van der Waals surface area contributed by atoms with E-state index in [9.17, 15) is 4.39 Å². The van der Waals surface area contributed by atoms with Crippen molar-refractivity contribution in [3.63, 3.8) is 0 Å². The van der Waals surface area contributed by atoms with E-state index in [0.717, 1.165) is 37.0 Å². The molecule has 0 saturated heterocycles. The lowest BCUT2D eigenvalue weighted by atomic mass is 10.0. The van der Waals surface area contributed by atoms with Crippen molar-refractivity contribution in [3.8, 4) is 0 Å². The maximum Gasteiger partial charge on any atom is 0.123 e. The van der Waals surface area contributed by atoms with E-state index in [1.54, 1.807) is 6.07 Å². The highest BCUT2D eigenvalue weighted by Gasteiger charge is 2.21. The summed E-state index contributed by atoms with van der Waals surface area (Å²) in [7, 11) is 0. The van der Waals surface area contributed by atoms with Gasteiger partial charge in [-0.15, -0.1) is 0 Å². The minimum absolute atomic E-state index is 0.148. The summed E-state index contributed by atoms with van der Waals surface area (Å²) in [5, 5.41) is 1.05. The largest absolute Gasteiger partial charge is 0.358 e. The van der Waals surface area contributed by atoms with Gasteiger partial charge in [0.15, 0.2) is 0 Å². The number of benzene rings is 1. The number of aromatic amines is 1. The van der Waals surface area contributed by atoms with Crippen molar-refractivity contribution in [2.45, 2.75) is 26.8 Å². The van der Waals surface area contributed by atoms with Gasteiger partial charge in [0, 0.05) is 42.7 Å². The Labute approximate surface area is 107 Å². The highest BCUT2D eigenvalue weighted by Crippen LogP contribution is 2.28. The van der Waals surface area contributed by atoms with Crippen LogP contribution >= 0.6 is 0 Å². The van der Waals surface area contributed by atoms with Gasteiger partial charge in [-0.1, -0.05) is 13.8 Å². The molecule has 0 fully saturated rings. The zero-order valence-electron chi connectivity index (χ0n) is 11.0. The number of aromatic nitrogens is 1. The second kappa shape index (κ2) is 4.39. The fourth-order valence-corrected chi connectivity index (χ4v) is 2.91. The highest BCUT2D eigenvalue weighted by atomic mass is 19.1. The molecule has 96 valence electrons. The molecule has 1 aliphatic heterocycles. The van der Waals surface area contributed by atoms with Crippen LogP contribution in [-0.4, -0.2) is 23.0 Å². The SMILES string of the molecule is CC(C)CN1CCc2[nH]c3ccc(F)cc3c2C1. The predicted octanol–water partition coefficient (Wildman–Crippen LogP) is 3.32. The number of hydrogen-bond donors (Lipinski definition) is 1. The summed E-state index contributed by atoms with van der Waals surface area (Å²) in [6, 6.07) is 5.02. The van der Waals surface area contributed by atoms with E-state index >= 15 is 0 Å². The number of fused-ring (bicyclic) bond motifs is 3. The van der Waals surface area contributed by atoms with Gasteiger partial charge in [-0.05, 0) is 29.7 Å². The average molecular weight is 246 g/mol. The van der Waals surface area contributed by atoms with Crippen LogP contribution in [-0.2, 0) is 13.0 Å². The van der Waals surface area contributed by atoms with Gasteiger partial charge in [0.25, 0.3) is 0 Å². The molecule has 2 heterocycles. The summed E-state index contributed by atoms with van der Waals surface area (Å²) in [4.78, 5) is 5.89. The molecule has 3 heteroatoms. The zero-order valence-corrected chi connectivity index (χ0v) is 11.0. The second-order valence-electron chi connectivity index (χ2n) is 5.65. The van der Waals surface area contributed by atoms with Gasteiger partial charge in [-0.25, -0.2) is 4.39 Å². The third-order valence-electron chi connectivity index (χ3n) is 3.64. The smallest absolute Gasteiger partial charge is 0.123 e. The monoisotopic (exact) mass is 246 g/mol. The first-order valence-corrected chi connectivity index (χ1v) is 6.65. The van der Waals surface area contributed by atoms with E-state index in [4.69, 9.17) is 0 Å². The number of nitrogens with zero attached hydrogens (tertiary/aromatic N) is 1. The van der Waals surface area contributed by atoms with E-state index < -0.39 is 0 Å². The van der Waals surface area contributed by atoms with Gasteiger partial charge in [0.2, 0.25) is 0 Å². The third kappa shape index (κ3) is 2.03. The minimum atomic E-state index is -0.148. The van der Waals surface area contributed by atoms with E-state index in [0.29, 0.717) is 5.92 Å². The molecule has 0 radical (unpaired) electrons. The molecule has 1 N–H and O–H groups in total. The highest BCUT2D eigenvalue weighted by molar-refractivity contribution is 5.84. The Kier molecular flexibility index (Phi) is 2.86. The van der Waals surface area contributed by atoms with Crippen LogP contribution < -0.4 is 0 Å². The second-order valence-corrected chi connectivity index (χ2v) is 5.65. The summed E-state index contributed by atoms with van der Waals surface area (Å²) >= 11 is 0. The van der Waals surface area contributed by atoms with Crippen LogP contribution in [0.1, 0.15) is 25.1 Å². The number of rotatable bonds is 2. The normalized spacial score (nSPS) is 16.4. The molecule has 0 bridgehead atoms. The van der Waals surface area contributed by atoms with Crippen molar-refractivity contribution in [3.05, 3.63) is 35.3 Å². The molecule has 0 spiro atoms. The number of hydrogen-bond acceptors (Lipinski definition) is 1. The molecule has 0 saturated carbocycles. The molecular weight excluding hydrogens is 227 g/mol. The lowest BCUT2D eigenvalue weighted by Crippen LogP contribution is -2.33. The lowest BCUT2D eigenvalue weighted by molar-refractivity contribution is 0.226. The molecule has 1 aromatic carbocycles. The summed E-state index contributed by atoms with van der Waals surface area (Å²) in [6.07, 6.45) is 1.04. The Balaban J connectivity index is 1.98. The van der Waals surface area contributed by atoms with Gasteiger partial charge in [0.05, 0.1) is 0 Å². The van der Waals surface area contributed by atoms with Crippen molar-refractivity contribution in [2.75, 3.05) is 13.1 Å². The third-order valence-corrected chi connectivity index (χ3v) is 3.64. The van der Waals surface area contributed by atoms with Crippen LogP contribution in [0.25, 0.3) is 10.9 Å². The van der Waals surface area contributed by atoms with Gasteiger partial charge >= 0.3 is 0 Å². The van der Waals surface area contributed by atoms with E-state index in [1.165, 1.54) is 17.3 Å². The average Bonchev–Trinajstić information content (AvgIpc) is 2.66. The van der Waals surface area contributed by atoms with Crippen LogP contribution in [0.2, 0.25) is 0 Å². The number of halogens is 1. The van der Waals surface area contributed by atoms with Gasteiger partial charge in [0.1, 0.15) is 5.82 Å². The predicted molar refractivity (Wildman–Crippen MR) is 72.1 cm³/mol. The summed E-state index contributed by atoms with van der Waals surface area (Å²) in [6.45, 7) is 7.63. The standard InChI is InChI=1S/C15H19FN2/c1-10(2)8-18-6-5-15-13(9-18)12-7-11(16)3-4-14(12)17-15/h3-4,7,10,17H,5-6,8-9H2,1-2H3. The fraction of sp³-hybridized carbons (Fsp3) is 0.467. The molecule has 0 atom stereocenters. The summed E-state index contributed by atoms with van der Waals surface area (Å²) < 4.78 is 13.4. The van der Waals surface area contributed by atoms with Crippen LogP contribution in [0.5, 0.6) is 0 Å². The molecular formula is C15H19FN2. The lowest BCUT2D eigenvalue weighted by Gasteiger charge is -2.28. The molecule has 1 aliphatic rings. The Hall–Kier alpha value is -1.35. The maximum absolute atomic E-state index is 13.4. The van der Waals surface area contributed by atoms with Crippen molar-refractivity contribution < 1.29 is 4.39 Å². The number of H-pyrrole nitrogens is 1. The molecule has 0 amide bonds. The van der Waals surface area contributed by atoms with Crippen molar-refractivity contribution in [1.82, 2.24) is 9.88 Å². The molecule has 0 unspecified atom stereocenters. The quantitative estimate of drug-likeness (QED) is 0.861. The van der Waals surface area contributed by atoms with Crippen molar-refractivity contribution in [1.29, 1.82) is 0 Å². The molecule has 2 nitrogen and oxygen atoms in total. The number of nitrogens with one attached hydrogen (secondary N) is 1. The van der Waals surface area contributed by atoms with Gasteiger partial charge in [-0.3, -0.25) is 4.90 Å². The van der Waals surface area contributed by atoms with Crippen LogP contribution in [0.3, 0.4) is 0 Å². The van der Waals surface area contributed by atoms with Crippen molar-refractivity contribution >= 4 is 10.9 Å². The molecule has 1 aromatic heterocycles. The zero-order chi connectivity index (χ0) is 12.7. The Morgan fingerprint density at radius 2 is 2.22 bits per heavy atom. The molecule has 18 heavy (non-hydrogen) atoms. The van der Waals surface area contributed by atoms with E-state index in [-0.39, 0.29) is 5.82 Å². The maximum atomic E-state index is 13.4. The van der Waals surface area contributed by atoms with Gasteiger partial charge < -0.3 is 4.98 Å². The Bertz CT molecular complexity index is 571. The minimum Gasteiger partial charge on any atom is -0.358 e. The van der Waals surface area contributed by atoms with E-state index in [1.807, 2.05) is 6.07 Å². The fourth-order valence-electron chi connectivity index (χ4n) is 2.91. The first-order valence-electron chi connectivity index (χ1n) is 6.65. The van der Waals surface area contributed by atoms with E-state index in [2.05, 4.69) is 23.7 Å². The van der Waals surface area contributed by atoms with Crippen LogP contribution in [0, 0.1) is 11.7 Å². The summed E-state index contributed by atoms with van der Waals surface area (Å²) in [5.74, 6) is 0.527. The topological polar surface area (TPSA) is 19.0 Å². The Morgan fingerprint density at radius 3 is 3.00 bits per heavy atom. The molecule has 0 aliphatic carbocycles. The van der Waals surface area contributed by atoms with Crippen molar-refractivity contribution in [2.24, 2.45) is 5.92 Å². The van der Waals surface area contributed by atoms with Crippen LogP contribution in [0.4, 0.5) is 4.39 Å². The Morgan fingerprint density at radius 1 is 1.39 bits per heavy atom. The molecule has 2 aromatic rings. The molecule has 3 rings (SSSR count). The first-order chi connectivity index (χ1) is 8.63. The first kappa shape index (κ1) is 11.7.